The van der Waals surface area contributed by atoms with Crippen LogP contribution in [0.25, 0.3) is 27.8 Å². The molecule has 0 atom stereocenters. The molecule has 4 heterocycles. The van der Waals surface area contributed by atoms with Crippen LogP contribution in [0.3, 0.4) is 0 Å². The summed E-state index contributed by atoms with van der Waals surface area (Å²) in [6.45, 7) is 1.30. The van der Waals surface area contributed by atoms with Crippen LogP contribution in [0.2, 0.25) is 0 Å². The summed E-state index contributed by atoms with van der Waals surface area (Å²) in [4.78, 5) is 28.6. The molecule has 0 fully saturated rings. The van der Waals surface area contributed by atoms with Crippen molar-refractivity contribution >= 4 is 28.4 Å². The van der Waals surface area contributed by atoms with Gasteiger partial charge in [-0.1, -0.05) is 11.3 Å². The molecule has 1 aliphatic heterocycles. The van der Waals surface area contributed by atoms with E-state index in [0.717, 1.165) is 16.3 Å². The molecule has 10 nitrogen and oxygen atoms in total. The lowest BCUT2D eigenvalue weighted by Crippen LogP contribution is -2.35. The topological polar surface area (TPSA) is 102 Å². The molecule has 1 aliphatic rings. The van der Waals surface area contributed by atoms with E-state index in [1.807, 2.05) is 12.1 Å². The standard InChI is InChI=1S/C26H26F3N7O3/c1-33(2)25(38)21-13-18-11-17(12-19(24(18)39-21)20-14-22(26(27,28)29)31-34(20)3)16-5-4-8-35(15-16)23(37)6-9-36-10-7-30-32-36/h5,7,10-14H,4,6,8-9,15H2,1-3H3. The average molecular weight is 542 g/mol. The van der Waals surface area contributed by atoms with E-state index in [9.17, 15) is 22.8 Å². The number of halogens is 3. The summed E-state index contributed by atoms with van der Waals surface area (Å²) in [7, 11) is 4.59. The van der Waals surface area contributed by atoms with Crippen LogP contribution in [0.15, 0.2) is 47.2 Å². The third kappa shape index (κ3) is 5.29. The maximum atomic E-state index is 13.4. The number of aromatic nitrogens is 5. The van der Waals surface area contributed by atoms with E-state index in [0.29, 0.717) is 42.6 Å². The minimum absolute atomic E-state index is 0.0407. The van der Waals surface area contributed by atoms with Crippen molar-refractivity contribution in [1.29, 1.82) is 0 Å². The zero-order chi connectivity index (χ0) is 27.9. The molecule has 5 rings (SSSR count). The Morgan fingerprint density at radius 3 is 2.62 bits per heavy atom. The van der Waals surface area contributed by atoms with Gasteiger partial charge in [0.05, 0.1) is 18.4 Å². The van der Waals surface area contributed by atoms with Gasteiger partial charge in [-0.2, -0.15) is 18.3 Å². The summed E-state index contributed by atoms with van der Waals surface area (Å²) >= 11 is 0. The SMILES string of the molecule is CN(C)C(=O)c1cc2cc(C3=CCCN(C(=O)CCn4ccnn4)C3)cc(-c3cc(C(F)(F)F)nn3C)c2o1. The Kier molecular flexibility index (Phi) is 6.74. The number of alkyl halides is 3. The molecule has 0 unspecified atom stereocenters. The van der Waals surface area contributed by atoms with Crippen molar-refractivity contribution < 1.29 is 27.2 Å². The Bertz CT molecular complexity index is 1570. The highest BCUT2D eigenvalue weighted by molar-refractivity contribution is 6.01. The zero-order valence-corrected chi connectivity index (χ0v) is 21.6. The van der Waals surface area contributed by atoms with Crippen molar-refractivity contribution in [3.05, 3.63) is 59.8 Å². The van der Waals surface area contributed by atoms with Crippen molar-refractivity contribution in [2.45, 2.75) is 25.6 Å². The van der Waals surface area contributed by atoms with Gasteiger partial charge >= 0.3 is 6.18 Å². The Hall–Kier alpha value is -4.42. The second-order valence-corrected chi connectivity index (χ2v) is 9.54. The number of aryl methyl sites for hydroxylation is 2. The summed E-state index contributed by atoms with van der Waals surface area (Å²) < 4.78 is 49.0. The van der Waals surface area contributed by atoms with Gasteiger partial charge < -0.3 is 14.2 Å². The maximum absolute atomic E-state index is 13.4. The molecule has 1 aromatic carbocycles. The van der Waals surface area contributed by atoms with Crippen molar-refractivity contribution in [1.82, 2.24) is 34.6 Å². The monoisotopic (exact) mass is 541 g/mol. The molecule has 0 aliphatic carbocycles. The van der Waals surface area contributed by atoms with Crippen molar-refractivity contribution in [2.75, 3.05) is 27.2 Å². The van der Waals surface area contributed by atoms with Gasteiger partial charge in [0, 0.05) is 57.8 Å². The number of hydrogen-bond acceptors (Lipinski definition) is 6. The molecule has 13 heteroatoms. The highest BCUT2D eigenvalue weighted by Crippen LogP contribution is 2.38. The summed E-state index contributed by atoms with van der Waals surface area (Å²) in [6.07, 6.45) is 1.51. The van der Waals surface area contributed by atoms with Crippen LogP contribution < -0.4 is 0 Å². The molecule has 0 saturated heterocycles. The molecule has 39 heavy (non-hydrogen) atoms. The Morgan fingerprint density at radius 1 is 1.15 bits per heavy atom. The van der Waals surface area contributed by atoms with E-state index in [1.54, 1.807) is 48.2 Å². The number of furan rings is 1. The second-order valence-electron chi connectivity index (χ2n) is 9.54. The van der Waals surface area contributed by atoms with Gasteiger partial charge in [0.1, 0.15) is 5.58 Å². The molecule has 0 radical (unpaired) electrons. The molecule has 2 amide bonds. The third-order valence-corrected chi connectivity index (χ3v) is 6.58. The lowest BCUT2D eigenvalue weighted by Gasteiger charge is -2.28. The van der Waals surface area contributed by atoms with Gasteiger partial charge in [-0.05, 0) is 41.8 Å². The molecule has 0 bridgehead atoms. The maximum Gasteiger partial charge on any atom is 0.435 e. The van der Waals surface area contributed by atoms with E-state index in [4.69, 9.17) is 4.42 Å². The first kappa shape index (κ1) is 26.2. The van der Waals surface area contributed by atoms with E-state index < -0.39 is 11.9 Å². The molecule has 0 spiro atoms. The summed E-state index contributed by atoms with van der Waals surface area (Å²) in [5.74, 6) is -0.351. The van der Waals surface area contributed by atoms with Gasteiger partial charge in [-0.15, -0.1) is 5.10 Å². The Morgan fingerprint density at radius 2 is 1.95 bits per heavy atom. The van der Waals surface area contributed by atoms with E-state index in [1.165, 1.54) is 11.9 Å². The predicted octanol–water partition coefficient (Wildman–Crippen LogP) is 3.85. The normalized spacial score (nSPS) is 14.1. The number of fused-ring (bicyclic) bond motifs is 1. The highest BCUT2D eigenvalue weighted by atomic mass is 19.4. The van der Waals surface area contributed by atoms with E-state index in [-0.39, 0.29) is 35.3 Å². The lowest BCUT2D eigenvalue weighted by atomic mass is 9.96. The van der Waals surface area contributed by atoms with Gasteiger partial charge in [0.25, 0.3) is 5.91 Å². The minimum atomic E-state index is -4.62. The van der Waals surface area contributed by atoms with Crippen molar-refractivity contribution in [3.63, 3.8) is 0 Å². The fourth-order valence-electron chi connectivity index (χ4n) is 4.60. The van der Waals surface area contributed by atoms with Gasteiger partial charge in [-0.25, -0.2) is 0 Å². The van der Waals surface area contributed by atoms with Crippen molar-refractivity contribution in [2.24, 2.45) is 7.05 Å². The van der Waals surface area contributed by atoms with Crippen LogP contribution in [0.5, 0.6) is 0 Å². The first-order chi connectivity index (χ1) is 18.5. The van der Waals surface area contributed by atoms with E-state index in [2.05, 4.69) is 15.4 Å². The molecule has 0 N–H and O–H groups in total. The predicted molar refractivity (Wildman–Crippen MR) is 135 cm³/mol. The minimum Gasteiger partial charge on any atom is -0.450 e. The largest absolute Gasteiger partial charge is 0.450 e. The Labute approximate surface area is 221 Å². The van der Waals surface area contributed by atoms with Crippen LogP contribution in [-0.2, 0) is 24.6 Å². The fraction of sp³-hybridized carbons (Fsp3) is 0.346. The van der Waals surface area contributed by atoms with Crippen LogP contribution in [0, 0.1) is 0 Å². The molecule has 4 aromatic rings. The van der Waals surface area contributed by atoms with Gasteiger partial charge in [0.2, 0.25) is 5.91 Å². The smallest absolute Gasteiger partial charge is 0.435 e. The first-order valence-electron chi connectivity index (χ1n) is 12.2. The fourth-order valence-corrected chi connectivity index (χ4v) is 4.60. The van der Waals surface area contributed by atoms with Gasteiger partial charge in [-0.3, -0.25) is 19.0 Å². The number of rotatable bonds is 6. The van der Waals surface area contributed by atoms with Gasteiger partial charge in [0.15, 0.2) is 11.5 Å². The van der Waals surface area contributed by atoms with Crippen LogP contribution in [-0.4, -0.2) is 73.6 Å². The van der Waals surface area contributed by atoms with Crippen LogP contribution in [0.1, 0.15) is 34.7 Å². The number of hydrogen-bond donors (Lipinski definition) is 0. The van der Waals surface area contributed by atoms with Crippen molar-refractivity contribution in [3.8, 4) is 11.3 Å². The third-order valence-electron chi connectivity index (χ3n) is 6.58. The molecule has 0 saturated carbocycles. The lowest BCUT2D eigenvalue weighted by molar-refractivity contribution is -0.141. The molecular formula is C26H26F3N7O3. The zero-order valence-electron chi connectivity index (χ0n) is 21.6. The second kappa shape index (κ2) is 10.0. The van der Waals surface area contributed by atoms with Crippen LogP contribution in [0.4, 0.5) is 13.2 Å². The number of benzene rings is 1. The summed E-state index contributed by atoms with van der Waals surface area (Å²) in [5.41, 5.74) is 1.35. The molecule has 3 aromatic heterocycles. The first-order valence-corrected chi connectivity index (χ1v) is 12.2. The quantitative estimate of drug-likeness (QED) is 0.368. The number of carbonyl (C=O) groups is 2. The highest BCUT2D eigenvalue weighted by Gasteiger charge is 2.35. The number of nitrogens with zero attached hydrogens (tertiary/aromatic N) is 7. The summed E-state index contributed by atoms with van der Waals surface area (Å²) in [5, 5.41) is 11.8. The van der Waals surface area contributed by atoms with Crippen LogP contribution >= 0.6 is 0 Å². The van der Waals surface area contributed by atoms with E-state index >= 15 is 0 Å². The summed E-state index contributed by atoms with van der Waals surface area (Å²) in [6, 6.07) is 6.09. The number of carbonyl (C=O) groups excluding carboxylic acids is 2. The molecule has 204 valence electrons. The molecular weight excluding hydrogens is 515 g/mol. The average Bonchev–Trinajstić information content (AvgIpc) is 3.65. The Balaban J connectivity index is 1.52. The number of amides is 2.